The summed E-state index contributed by atoms with van der Waals surface area (Å²) in [6.45, 7) is 0. The minimum atomic E-state index is -0.463. The number of nitrogens with zero attached hydrogens (tertiary/aromatic N) is 3. The number of aromatic nitrogens is 1. The standard InChI is InChI=1S/C20H15ClN4O4S/c1-28-18-8-16(19(29-2)7-15(18)21)23-10-13(9-22)20-24-17(11-30-20)12-4-3-5-14(6-12)25(26)27/h3-8,10-11,23H,1-2H3/b13-10+. The fourth-order valence-electron chi connectivity index (χ4n) is 2.57. The molecule has 0 spiro atoms. The minimum absolute atomic E-state index is 0.0245. The van der Waals surface area contributed by atoms with Crippen LogP contribution in [0.4, 0.5) is 11.4 Å². The largest absolute Gasteiger partial charge is 0.495 e. The smallest absolute Gasteiger partial charge is 0.270 e. The van der Waals surface area contributed by atoms with Gasteiger partial charge in [0, 0.05) is 41.4 Å². The van der Waals surface area contributed by atoms with Crippen LogP contribution in [-0.2, 0) is 0 Å². The van der Waals surface area contributed by atoms with Crippen LogP contribution in [0, 0.1) is 21.4 Å². The van der Waals surface area contributed by atoms with E-state index in [1.54, 1.807) is 29.6 Å². The van der Waals surface area contributed by atoms with Crippen molar-refractivity contribution in [3.8, 4) is 28.8 Å². The van der Waals surface area contributed by atoms with Crippen molar-refractivity contribution in [2.75, 3.05) is 19.5 Å². The predicted molar refractivity (Wildman–Crippen MR) is 116 cm³/mol. The molecule has 0 fully saturated rings. The van der Waals surface area contributed by atoms with Crippen LogP contribution in [-0.4, -0.2) is 24.1 Å². The van der Waals surface area contributed by atoms with Gasteiger partial charge in [0.15, 0.2) is 0 Å². The molecule has 1 N–H and O–H groups in total. The Labute approximate surface area is 181 Å². The summed E-state index contributed by atoms with van der Waals surface area (Å²) in [5.74, 6) is 0.930. The van der Waals surface area contributed by atoms with Gasteiger partial charge in [-0.15, -0.1) is 11.3 Å². The van der Waals surface area contributed by atoms with Gasteiger partial charge in [-0.1, -0.05) is 23.7 Å². The first-order valence-electron chi connectivity index (χ1n) is 8.46. The van der Waals surface area contributed by atoms with Gasteiger partial charge >= 0.3 is 0 Å². The van der Waals surface area contributed by atoms with Crippen molar-refractivity contribution in [1.82, 2.24) is 4.98 Å². The maximum absolute atomic E-state index is 11.0. The van der Waals surface area contributed by atoms with E-state index in [1.807, 2.05) is 0 Å². The van der Waals surface area contributed by atoms with Crippen molar-refractivity contribution in [3.63, 3.8) is 0 Å². The maximum Gasteiger partial charge on any atom is 0.270 e. The number of methoxy groups -OCH3 is 2. The van der Waals surface area contributed by atoms with Crippen molar-refractivity contribution < 1.29 is 14.4 Å². The summed E-state index contributed by atoms with van der Waals surface area (Å²) in [7, 11) is 3.00. The van der Waals surface area contributed by atoms with Gasteiger partial charge < -0.3 is 14.8 Å². The fourth-order valence-corrected chi connectivity index (χ4v) is 3.60. The summed E-state index contributed by atoms with van der Waals surface area (Å²) < 4.78 is 10.5. The van der Waals surface area contributed by atoms with Crippen molar-refractivity contribution >= 4 is 39.9 Å². The van der Waals surface area contributed by atoms with Crippen LogP contribution in [0.1, 0.15) is 5.01 Å². The number of hydrogen-bond donors (Lipinski definition) is 1. The van der Waals surface area contributed by atoms with Gasteiger partial charge in [0.25, 0.3) is 5.69 Å². The highest BCUT2D eigenvalue weighted by Crippen LogP contribution is 2.36. The zero-order valence-electron chi connectivity index (χ0n) is 15.9. The number of allylic oxidation sites excluding steroid dienone is 1. The van der Waals surface area contributed by atoms with Gasteiger partial charge in [0.05, 0.1) is 35.5 Å². The van der Waals surface area contributed by atoms with E-state index >= 15 is 0 Å². The Morgan fingerprint density at radius 3 is 2.73 bits per heavy atom. The summed E-state index contributed by atoms with van der Waals surface area (Å²) in [5.41, 5.74) is 1.96. The molecule has 0 atom stereocenters. The van der Waals surface area contributed by atoms with E-state index < -0.39 is 4.92 Å². The molecule has 0 aliphatic heterocycles. The topological polar surface area (TPSA) is 110 Å². The minimum Gasteiger partial charge on any atom is -0.495 e. The molecule has 2 aromatic carbocycles. The lowest BCUT2D eigenvalue weighted by Gasteiger charge is -2.12. The number of ether oxygens (including phenoxy) is 2. The lowest BCUT2D eigenvalue weighted by atomic mass is 10.1. The first-order valence-corrected chi connectivity index (χ1v) is 9.71. The zero-order valence-corrected chi connectivity index (χ0v) is 17.5. The number of nitro benzene ring substituents is 1. The van der Waals surface area contributed by atoms with E-state index in [-0.39, 0.29) is 11.3 Å². The Kier molecular flexibility index (Phi) is 6.51. The molecule has 10 heteroatoms. The Morgan fingerprint density at radius 1 is 1.30 bits per heavy atom. The average Bonchev–Trinajstić information content (AvgIpc) is 3.25. The number of rotatable bonds is 7. The van der Waals surface area contributed by atoms with Crippen molar-refractivity contribution in [3.05, 3.63) is 68.1 Å². The number of halogens is 1. The number of nitriles is 1. The summed E-state index contributed by atoms with van der Waals surface area (Å²) >= 11 is 7.36. The van der Waals surface area contributed by atoms with Crippen LogP contribution in [0.15, 0.2) is 48.0 Å². The first kappa shape index (κ1) is 21.1. The first-order chi connectivity index (χ1) is 14.5. The highest BCUT2D eigenvalue weighted by atomic mass is 35.5. The molecule has 0 aliphatic rings. The average molecular weight is 443 g/mol. The number of nitro groups is 1. The van der Waals surface area contributed by atoms with Gasteiger partial charge in [0.1, 0.15) is 28.1 Å². The SMILES string of the molecule is COc1cc(N/C=C(\C#N)c2nc(-c3cccc([N+](=O)[O-])c3)cs2)c(OC)cc1Cl. The normalized spacial score (nSPS) is 10.9. The second-order valence-corrected chi connectivity index (χ2v) is 7.11. The van der Waals surface area contributed by atoms with Gasteiger partial charge in [-0.25, -0.2) is 4.98 Å². The third-order valence-electron chi connectivity index (χ3n) is 4.05. The number of non-ortho nitro benzene ring substituents is 1. The second kappa shape index (κ2) is 9.26. The predicted octanol–water partition coefficient (Wildman–Crippen LogP) is 5.37. The molecule has 3 rings (SSSR count). The summed E-state index contributed by atoms with van der Waals surface area (Å²) in [5, 5.41) is 26.2. The molecule has 0 saturated heterocycles. The molecule has 1 aromatic heterocycles. The van der Waals surface area contributed by atoms with E-state index in [4.69, 9.17) is 21.1 Å². The van der Waals surface area contributed by atoms with E-state index in [9.17, 15) is 15.4 Å². The molecule has 152 valence electrons. The second-order valence-electron chi connectivity index (χ2n) is 5.85. The summed E-state index contributed by atoms with van der Waals surface area (Å²) in [4.78, 5) is 15.0. The van der Waals surface area contributed by atoms with E-state index in [2.05, 4.69) is 16.4 Å². The molecule has 0 aliphatic carbocycles. The van der Waals surface area contributed by atoms with Gasteiger partial charge in [-0.3, -0.25) is 10.1 Å². The third-order valence-corrected chi connectivity index (χ3v) is 5.22. The van der Waals surface area contributed by atoms with Gasteiger partial charge in [-0.05, 0) is 0 Å². The number of benzene rings is 2. The molecule has 0 saturated carbocycles. The van der Waals surface area contributed by atoms with Crippen LogP contribution in [0.5, 0.6) is 11.5 Å². The quantitative estimate of drug-likeness (QED) is 0.297. The van der Waals surface area contributed by atoms with Gasteiger partial charge in [0.2, 0.25) is 0 Å². The van der Waals surface area contributed by atoms with E-state index in [1.165, 1.54) is 43.9 Å². The highest BCUT2D eigenvalue weighted by Gasteiger charge is 2.13. The van der Waals surface area contributed by atoms with E-state index in [0.29, 0.717) is 38.5 Å². The van der Waals surface area contributed by atoms with Crippen molar-refractivity contribution in [1.29, 1.82) is 5.26 Å². The molecular formula is C20H15ClN4O4S. The number of anilines is 1. The fraction of sp³-hybridized carbons (Fsp3) is 0.100. The molecule has 0 unspecified atom stereocenters. The van der Waals surface area contributed by atoms with Gasteiger partial charge in [-0.2, -0.15) is 5.26 Å². The number of hydrogen-bond acceptors (Lipinski definition) is 8. The van der Waals surface area contributed by atoms with Crippen LogP contribution in [0.2, 0.25) is 5.02 Å². The summed E-state index contributed by atoms with van der Waals surface area (Å²) in [6.07, 6.45) is 1.50. The zero-order chi connectivity index (χ0) is 21.7. The summed E-state index contributed by atoms with van der Waals surface area (Å²) in [6, 6.07) is 11.5. The van der Waals surface area contributed by atoms with E-state index in [0.717, 1.165) is 0 Å². The molecule has 30 heavy (non-hydrogen) atoms. The Morgan fingerprint density at radius 2 is 2.07 bits per heavy atom. The molecule has 0 amide bonds. The molecule has 0 radical (unpaired) electrons. The molecule has 3 aromatic rings. The Balaban J connectivity index is 1.89. The third kappa shape index (κ3) is 4.51. The number of thiazole rings is 1. The molecular weight excluding hydrogens is 428 g/mol. The Bertz CT molecular complexity index is 1170. The van der Waals surface area contributed by atoms with Crippen LogP contribution in [0.3, 0.4) is 0 Å². The highest BCUT2D eigenvalue weighted by molar-refractivity contribution is 7.11. The Hall–Kier alpha value is -3.61. The number of nitrogens with one attached hydrogen (secondary N) is 1. The van der Waals surface area contributed by atoms with Crippen molar-refractivity contribution in [2.24, 2.45) is 0 Å². The van der Waals surface area contributed by atoms with Crippen molar-refractivity contribution in [2.45, 2.75) is 0 Å². The molecule has 1 heterocycles. The van der Waals surface area contributed by atoms with Crippen LogP contribution >= 0.6 is 22.9 Å². The van der Waals surface area contributed by atoms with Crippen LogP contribution < -0.4 is 14.8 Å². The molecule has 0 bridgehead atoms. The molecule has 8 nitrogen and oxygen atoms in total. The van der Waals surface area contributed by atoms with Crippen LogP contribution in [0.25, 0.3) is 16.8 Å². The maximum atomic E-state index is 11.0. The lowest BCUT2D eigenvalue weighted by molar-refractivity contribution is -0.384. The lowest BCUT2D eigenvalue weighted by Crippen LogP contribution is -1.96. The monoisotopic (exact) mass is 442 g/mol.